The standard InChI is InChI=1S/C10H16O4S/c1-15-6-4-2-3-5-8(10(13)14)7-9(11)12/h7H,2-6H2,1H3,(H,11,12)(H,13,14)/p-2/b8-7-. The summed E-state index contributed by atoms with van der Waals surface area (Å²) < 4.78 is 0. The van der Waals surface area contributed by atoms with E-state index in [1.54, 1.807) is 11.8 Å². The van der Waals surface area contributed by atoms with Gasteiger partial charge < -0.3 is 19.8 Å². The maximum absolute atomic E-state index is 10.5. The van der Waals surface area contributed by atoms with Gasteiger partial charge in [-0.1, -0.05) is 6.42 Å². The summed E-state index contributed by atoms with van der Waals surface area (Å²) in [6.45, 7) is 0. The molecule has 5 heteroatoms. The van der Waals surface area contributed by atoms with Gasteiger partial charge in [-0.05, 0) is 42.9 Å². The van der Waals surface area contributed by atoms with Gasteiger partial charge in [0.15, 0.2) is 0 Å². The molecule has 0 atom stereocenters. The zero-order valence-corrected chi connectivity index (χ0v) is 9.47. The molecule has 0 bridgehead atoms. The quantitative estimate of drug-likeness (QED) is 0.408. The third-order valence-electron chi connectivity index (χ3n) is 1.85. The third-order valence-corrected chi connectivity index (χ3v) is 2.55. The van der Waals surface area contributed by atoms with E-state index in [0.717, 1.165) is 18.6 Å². The van der Waals surface area contributed by atoms with Crippen molar-refractivity contribution in [3.05, 3.63) is 11.6 Å². The molecule has 0 saturated carbocycles. The highest BCUT2D eigenvalue weighted by Crippen LogP contribution is 2.10. The maximum Gasteiger partial charge on any atom is 0.0675 e. The molecular weight excluding hydrogens is 216 g/mol. The Balaban J connectivity index is 3.88. The van der Waals surface area contributed by atoms with E-state index in [1.165, 1.54) is 0 Å². The topological polar surface area (TPSA) is 80.3 Å². The summed E-state index contributed by atoms with van der Waals surface area (Å²) in [5.74, 6) is -1.88. The summed E-state index contributed by atoms with van der Waals surface area (Å²) in [4.78, 5) is 20.6. The monoisotopic (exact) mass is 230 g/mol. The van der Waals surface area contributed by atoms with E-state index >= 15 is 0 Å². The van der Waals surface area contributed by atoms with Gasteiger partial charge in [-0.2, -0.15) is 11.8 Å². The average molecular weight is 230 g/mol. The van der Waals surface area contributed by atoms with Crippen molar-refractivity contribution < 1.29 is 19.8 Å². The maximum atomic E-state index is 10.5. The van der Waals surface area contributed by atoms with Crippen molar-refractivity contribution >= 4 is 23.7 Å². The molecule has 0 rings (SSSR count). The zero-order valence-electron chi connectivity index (χ0n) is 8.65. The second-order valence-electron chi connectivity index (χ2n) is 3.08. The number of carbonyl (C=O) groups excluding carboxylic acids is 2. The summed E-state index contributed by atoms with van der Waals surface area (Å²) in [6.07, 6.45) is 5.39. The molecule has 0 spiro atoms. The van der Waals surface area contributed by atoms with Gasteiger partial charge in [-0.25, -0.2) is 0 Å². The van der Waals surface area contributed by atoms with Crippen LogP contribution < -0.4 is 10.2 Å². The second kappa shape index (κ2) is 8.35. The number of hydrogen-bond donors (Lipinski definition) is 0. The fraction of sp³-hybridized carbons (Fsp3) is 0.600. The summed E-state index contributed by atoms with van der Waals surface area (Å²) in [7, 11) is 0. The van der Waals surface area contributed by atoms with Gasteiger partial charge in [0, 0.05) is 0 Å². The lowest BCUT2D eigenvalue weighted by Gasteiger charge is -2.08. The van der Waals surface area contributed by atoms with Crippen molar-refractivity contribution in [3.63, 3.8) is 0 Å². The van der Waals surface area contributed by atoms with Crippen molar-refractivity contribution in [3.8, 4) is 0 Å². The summed E-state index contributed by atoms with van der Waals surface area (Å²) in [6, 6.07) is 0. The van der Waals surface area contributed by atoms with Gasteiger partial charge in [0.05, 0.1) is 11.9 Å². The van der Waals surface area contributed by atoms with E-state index in [2.05, 4.69) is 0 Å². The largest absolute Gasteiger partial charge is 0.545 e. The lowest BCUT2D eigenvalue weighted by Crippen LogP contribution is -2.27. The molecule has 0 aliphatic heterocycles. The minimum Gasteiger partial charge on any atom is -0.545 e. The van der Waals surface area contributed by atoms with Crippen LogP contribution >= 0.6 is 11.8 Å². The Morgan fingerprint density at radius 2 is 1.87 bits per heavy atom. The number of carbonyl (C=O) groups is 2. The molecule has 15 heavy (non-hydrogen) atoms. The molecule has 0 aliphatic carbocycles. The first-order valence-corrected chi connectivity index (χ1v) is 6.09. The molecule has 0 amide bonds. The predicted octanol–water partition coefficient (Wildman–Crippen LogP) is -0.664. The van der Waals surface area contributed by atoms with Crippen molar-refractivity contribution in [2.45, 2.75) is 25.7 Å². The molecule has 0 heterocycles. The highest BCUT2D eigenvalue weighted by atomic mass is 32.2. The van der Waals surface area contributed by atoms with E-state index in [9.17, 15) is 19.8 Å². The van der Waals surface area contributed by atoms with Gasteiger partial charge >= 0.3 is 0 Å². The fourth-order valence-corrected chi connectivity index (χ4v) is 1.61. The summed E-state index contributed by atoms with van der Waals surface area (Å²) in [5, 5.41) is 20.6. The van der Waals surface area contributed by atoms with E-state index < -0.39 is 11.9 Å². The van der Waals surface area contributed by atoms with Gasteiger partial charge in [0.2, 0.25) is 0 Å². The second-order valence-corrected chi connectivity index (χ2v) is 4.07. The van der Waals surface area contributed by atoms with Crippen molar-refractivity contribution in [2.24, 2.45) is 0 Å². The van der Waals surface area contributed by atoms with Crippen molar-refractivity contribution in [1.29, 1.82) is 0 Å². The van der Waals surface area contributed by atoms with Crippen molar-refractivity contribution in [1.82, 2.24) is 0 Å². The van der Waals surface area contributed by atoms with Crippen molar-refractivity contribution in [2.75, 3.05) is 12.0 Å². The Kier molecular flexibility index (Phi) is 7.81. The number of aliphatic carboxylic acids is 2. The minimum atomic E-state index is -1.49. The summed E-state index contributed by atoms with van der Waals surface area (Å²) in [5.41, 5.74) is -0.195. The lowest BCUT2D eigenvalue weighted by atomic mass is 10.1. The van der Waals surface area contributed by atoms with E-state index in [0.29, 0.717) is 12.5 Å². The van der Waals surface area contributed by atoms with Gasteiger partial charge in [0.25, 0.3) is 0 Å². The van der Waals surface area contributed by atoms with Crippen LogP contribution in [0, 0.1) is 0 Å². The molecule has 0 fully saturated rings. The Bertz CT molecular complexity index is 248. The number of carboxylic acids is 2. The Morgan fingerprint density at radius 3 is 2.33 bits per heavy atom. The summed E-state index contributed by atoms with van der Waals surface area (Å²) >= 11 is 1.73. The first kappa shape index (κ1) is 14.0. The number of unbranched alkanes of at least 4 members (excludes halogenated alkanes) is 2. The highest BCUT2D eigenvalue weighted by Gasteiger charge is 1.98. The number of rotatable bonds is 8. The third kappa shape index (κ3) is 8.05. The average Bonchev–Trinajstić information content (AvgIpc) is 2.15. The van der Waals surface area contributed by atoms with Gasteiger partial charge in [-0.3, -0.25) is 0 Å². The molecule has 0 aromatic carbocycles. The predicted molar refractivity (Wildman–Crippen MR) is 54.9 cm³/mol. The number of hydrogen-bond acceptors (Lipinski definition) is 5. The molecule has 0 unspecified atom stereocenters. The van der Waals surface area contributed by atoms with Crippen LogP contribution in [0.2, 0.25) is 0 Å². The molecule has 0 aromatic heterocycles. The minimum absolute atomic E-state index is 0.195. The Morgan fingerprint density at radius 1 is 1.20 bits per heavy atom. The number of carboxylic acid groups (broad SMARTS) is 2. The van der Waals surface area contributed by atoms with Gasteiger partial charge in [-0.15, -0.1) is 0 Å². The molecule has 0 saturated heterocycles. The van der Waals surface area contributed by atoms with Crippen LogP contribution in [0.3, 0.4) is 0 Å². The molecule has 86 valence electrons. The van der Waals surface area contributed by atoms with Crippen LogP contribution in [-0.4, -0.2) is 23.9 Å². The Hall–Kier alpha value is -0.970. The van der Waals surface area contributed by atoms with Crippen LogP contribution in [-0.2, 0) is 9.59 Å². The fourth-order valence-electron chi connectivity index (χ4n) is 1.11. The lowest BCUT2D eigenvalue weighted by molar-refractivity contribution is -0.303. The van der Waals surface area contributed by atoms with Crippen LogP contribution in [0.5, 0.6) is 0 Å². The molecule has 0 radical (unpaired) electrons. The molecule has 4 nitrogen and oxygen atoms in total. The molecule has 0 N–H and O–H groups in total. The highest BCUT2D eigenvalue weighted by molar-refractivity contribution is 7.98. The zero-order chi connectivity index (χ0) is 11.7. The van der Waals surface area contributed by atoms with E-state index in [-0.39, 0.29) is 12.0 Å². The SMILES string of the molecule is CSCCCCC/C(=C/C(=O)[O-])C(=O)[O-]. The number of thioether (sulfide) groups is 1. The van der Waals surface area contributed by atoms with Crippen LogP contribution in [0.25, 0.3) is 0 Å². The van der Waals surface area contributed by atoms with Crippen LogP contribution in [0.1, 0.15) is 25.7 Å². The molecule has 0 aliphatic rings. The van der Waals surface area contributed by atoms with E-state index in [4.69, 9.17) is 0 Å². The van der Waals surface area contributed by atoms with Gasteiger partial charge in [0.1, 0.15) is 0 Å². The van der Waals surface area contributed by atoms with Crippen LogP contribution in [0.4, 0.5) is 0 Å². The molecular formula is C10H14O4S-2. The molecule has 0 aromatic rings. The normalized spacial score (nSPS) is 11.4. The first-order chi connectivity index (χ1) is 7.07. The van der Waals surface area contributed by atoms with Crippen LogP contribution in [0.15, 0.2) is 11.6 Å². The Labute approximate surface area is 93.4 Å². The van der Waals surface area contributed by atoms with E-state index in [1.807, 2.05) is 6.26 Å². The first-order valence-electron chi connectivity index (χ1n) is 4.69. The smallest absolute Gasteiger partial charge is 0.0675 e.